The highest BCUT2D eigenvalue weighted by Crippen LogP contribution is 2.28. The highest BCUT2D eigenvalue weighted by Gasteiger charge is 2.25. The molecule has 0 spiro atoms. The van der Waals surface area contributed by atoms with Crippen LogP contribution in [0.2, 0.25) is 0 Å². The van der Waals surface area contributed by atoms with Gasteiger partial charge in [-0.25, -0.2) is 0 Å². The Kier molecular flexibility index (Phi) is 5.23. The van der Waals surface area contributed by atoms with Gasteiger partial charge in [0.05, 0.1) is 0 Å². The molecule has 0 N–H and O–H groups in total. The molecule has 0 bridgehead atoms. The number of nitrogens with zero attached hydrogens (tertiary/aromatic N) is 2. The van der Waals surface area contributed by atoms with E-state index in [4.69, 9.17) is 0 Å². The van der Waals surface area contributed by atoms with E-state index < -0.39 is 0 Å². The number of rotatable bonds is 6. The molecule has 2 aromatic carbocycles. The van der Waals surface area contributed by atoms with E-state index >= 15 is 0 Å². The molecule has 140 valence electrons. The summed E-state index contributed by atoms with van der Waals surface area (Å²) < 4.78 is 0. The first-order valence-corrected chi connectivity index (χ1v) is 9.94. The Morgan fingerprint density at radius 1 is 1.00 bits per heavy atom. The lowest BCUT2D eigenvalue weighted by atomic mass is 9.85. The van der Waals surface area contributed by atoms with E-state index in [1.807, 2.05) is 52.3 Å². The minimum absolute atomic E-state index is 0.0741. The van der Waals surface area contributed by atoms with E-state index in [1.54, 1.807) is 0 Å². The van der Waals surface area contributed by atoms with E-state index in [1.165, 1.54) is 19.3 Å². The second kappa shape index (κ2) is 7.95. The van der Waals surface area contributed by atoms with Crippen LogP contribution in [0, 0.1) is 5.92 Å². The number of benzene rings is 2. The van der Waals surface area contributed by atoms with Crippen LogP contribution in [-0.2, 0) is 11.3 Å². The standard InChI is InChI=1S/C23H26N2O2/c26-22-10-5-15-25(22)21-13-11-20(12-14-21)23(27)24(17-19-8-4-9-19)16-18-6-2-1-3-7-18/h1-3,6-7,11-14,19H,4-5,8-10,15-17H2. The number of carbonyl (C=O) groups excluding carboxylic acids is 2. The van der Waals surface area contributed by atoms with E-state index in [0.29, 0.717) is 24.4 Å². The van der Waals surface area contributed by atoms with Crippen LogP contribution in [0.15, 0.2) is 54.6 Å². The summed E-state index contributed by atoms with van der Waals surface area (Å²) in [5, 5.41) is 0. The summed E-state index contributed by atoms with van der Waals surface area (Å²) in [5.41, 5.74) is 2.74. The zero-order chi connectivity index (χ0) is 18.6. The Hall–Kier alpha value is -2.62. The largest absolute Gasteiger partial charge is 0.334 e. The van der Waals surface area contributed by atoms with Gasteiger partial charge in [0, 0.05) is 37.3 Å². The third-order valence-electron chi connectivity index (χ3n) is 5.71. The third kappa shape index (κ3) is 4.05. The van der Waals surface area contributed by atoms with Crippen molar-refractivity contribution < 1.29 is 9.59 Å². The molecule has 1 aliphatic carbocycles. The van der Waals surface area contributed by atoms with E-state index in [0.717, 1.165) is 30.8 Å². The van der Waals surface area contributed by atoms with Crippen molar-refractivity contribution in [1.29, 1.82) is 0 Å². The molecule has 1 aliphatic heterocycles. The van der Waals surface area contributed by atoms with Gasteiger partial charge in [0.1, 0.15) is 0 Å². The predicted octanol–water partition coefficient (Wildman–Crippen LogP) is 4.26. The van der Waals surface area contributed by atoms with Gasteiger partial charge in [-0.15, -0.1) is 0 Å². The van der Waals surface area contributed by atoms with Gasteiger partial charge in [0.15, 0.2) is 0 Å². The molecule has 2 aromatic rings. The Morgan fingerprint density at radius 3 is 2.33 bits per heavy atom. The molecule has 4 heteroatoms. The highest BCUT2D eigenvalue weighted by atomic mass is 16.2. The topological polar surface area (TPSA) is 40.6 Å². The fraction of sp³-hybridized carbons (Fsp3) is 0.391. The first-order valence-electron chi connectivity index (χ1n) is 9.94. The van der Waals surface area contributed by atoms with Gasteiger partial charge in [-0.05, 0) is 55.0 Å². The van der Waals surface area contributed by atoms with Crippen LogP contribution in [0.1, 0.15) is 48.0 Å². The van der Waals surface area contributed by atoms with Crippen LogP contribution in [0.25, 0.3) is 0 Å². The van der Waals surface area contributed by atoms with Crippen LogP contribution >= 0.6 is 0 Å². The third-order valence-corrected chi connectivity index (χ3v) is 5.71. The summed E-state index contributed by atoms with van der Waals surface area (Å²) >= 11 is 0. The lowest BCUT2D eigenvalue weighted by Gasteiger charge is -2.32. The maximum absolute atomic E-state index is 13.2. The Labute approximate surface area is 160 Å². The Balaban J connectivity index is 1.50. The smallest absolute Gasteiger partial charge is 0.254 e. The van der Waals surface area contributed by atoms with Gasteiger partial charge in [0.25, 0.3) is 5.91 Å². The zero-order valence-electron chi connectivity index (χ0n) is 15.6. The predicted molar refractivity (Wildman–Crippen MR) is 107 cm³/mol. The summed E-state index contributed by atoms with van der Waals surface area (Å²) in [6.07, 6.45) is 5.23. The molecule has 0 radical (unpaired) electrons. The van der Waals surface area contributed by atoms with Crippen LogP contribution in [0.3, 0.4) is 0 Å². The average Bonchev–Trinajstić information content (AvgIpc) is 3.10. The number of hydrogen-bond donors (Lipinski definition) is 0. The van der Waals surface area contributed by atoms with Gasteiger partial charge in [0.2, 0.25) is 5.91 Å². The quantitative estimate of drug-likeness (QED) is 0.770. The van der Waals surface area contributed by atoms with Crippen molar-refractivity contribution in [3.8, 4) is 0 Å². The van der Waals surface area contributed by atoms with Crippen LogP contribution < -0.4 is 4.90 Å². The summed E-state index contributed by atoms with van der Waals surface area (Å²) in [6, 6.07) is 17.7. The van der Waals surface area contributed by atoms with Crippen molar-refractivity contribution in [3.63, 3.8) is 0 Å². The Bertz CT molecular complexity index is 797. The maximum atomic E-state index is 13.2. The molecule has 27 heavy (non-hydrogen) atoms. The van der Waals surface area contributed by atoms with E-state index in [-0.39, 0.29) is 11.8 Å². The molecule has 0 unspecified atom stereocenters. The van der Waals surface area contributed by atoms with Crippen molar-refractivity contribution in [2.24, 2.45) is 5.92 Å². The van der Waals surface area contributed by atoms with Crippen molar-refractivity contribution >= 4 is 17.5 Å². The van der Waals surface area contributed by atoms with Crippen molar-refractivity contribution in [3.05, 3.63) is 65.7 Å². The molecule has 2 amide bonds. The molecular formula is C23H26N2O2. The summed E-state index contributed by atoms with van der Waals surface area (Å²) in [5.74, 6) is 0.869. The normalized spacial score (nSPS) is 17.0. The first kappa shape index (κ1) is 17.8. The molecule has 1 saturated heterocycles. The average molecular weight is 362 g/mol. The fourth-order valence-corrected chi connectivity index (χ4v) is 3.90. The lowest BCUT2D eigenvalue weighted by Crippen LogP contribution is -2.37. The monoisotopic (exact) mass is 362 g/mol. The number of anilines is 1. The van der Waals surface area contributed by atoms with Crippen LogP contribution in [-0.4, -0.2) is 29.8 Å². The van der Waals surface area contributed by atoms with Crippen molar-refractivity contribution in [2.45, 2.75) is 38.6 Å². The molecule has 0 atom stereocenters. The van der Waals surface area contributed by atoms with Gasteiger partial charge < -0.3 is 9.80 Å². The molecule has 1 heterocycles. The first-order chi connectivity index (χ1) is 13.2. The molecular weight excluding hydrogens is 336 g/mol. The summed E-state index contributed by atoms with van der Waals surface area (Å²) in [7, 11) is 0. The fourth-order valence-electron chi connectivity index (χ4n) is 3.90. The van der Waals surface area contributed by atoms with Crippen molar-refractivity contribution in [1.82, 2.24) is 4.90 Å². The number of amides is 2. The minimum Gasteiger partial charge on any atom is -0.334 e. The van der Waals surface area contributed by atoms with Crippen molar-refractivity contribution in [2.75, 3.05) is 18.0 Å². The zero-order valence-corrected chi connectivity index (χ0v) is 15.6. The van der Waals surface area contributed by atoms with Crippen LogP contribution in [0.5, 0.6) is 0 Å². The lowest BCUT2D eigenvalue weighted by molar-refractivity contribution is -0.117. The second-order valence-electron chi connectivity index (χ2n) is 7.66. The van der Waals surface area contributed by atoms with E-state index in [9.17, 15) is 9.59 Å². The maximum Gasteiger partial charge on any atom is 0.254 e. The number of carbonyl (C=O) groups is 2. The van der Waals surface area contributed by atoms with Crippen LogP contribution in [0.4, 0.5) is 5.69 Å². The molecule has 2 fully saturated rings. The molecule has 0 aromatic heterocycles. The van der Waals surface area contributed by atoms with E-state index in [2.05, 4.69) is 12.1 Å². The van der Waals surface area contributed by atoms with Gasteiger partial charge in [-0.3, -0.25) is 9.59 Å². The van der Waals surface area contributed by atoms with Gasteiger partial charge in [-0.2, -0.15) is 0 Å². The SMILES string of the molecule is O=C(c1ccc(N2CCCC2=O)cc1)N(Cc1ccccc1)CC1CCC1. The van der Waals surface area contributed by atoms with Gasteiger partial charge >= 0.3 is 0 Å². The second-order valence-corrected chi connectivity index (χ2v) is 7.66. The summed E-state index contributed by atoms with van der Waals surface area (Å²) in [4.78, 5) is 28.9. The molecule has 4 rings (SSSR count). The summed E-state index contributed by atoms with van der Waals surface area (Å²) in [6.45, 7) is 2.23. The van der Waals surface area contributed by atoms with Gasteiger partial charge in [-0.1, -0.05) is 36.8 Å². The highest BCUT2D eigenvalue weighted by molar-refractivity contribution is 5.97. The molecule has 2 aliphatic rings. The number of hydrogen-bond acceptors (Lipinski definition) is 2. The minimum atomic E-state index is 0.0741. The Morgan fingerprint density at radius 2 is 1.74 bits per heavy atom. The molecule has 1 saturated carbocycles. The molecule has 4 nitrogen and oxygen atoms in total.